The van der Waals surface area contributed by atoms with E-state index in [1.807, 2.05) is 18.2 Å². The molecule has 0 aromatic carbocycles. The van der Waals surface area contributed by atoms with Gasteiger partial charge in [0.25, 0.3) is 0 Å². The number of hydrogen-bond acceptors (Lipinski definition) is 6. The number of hydrogen-bond donors (Lipinski definition) is 2. The first-order valence-corrected chi connectivity index (χ1v) is 5.96. The molecule has 18 heavy (non-hydrogen) atoms. The normalized spacial score (nSPS) is 10.1. The van der Waals surface area contributed by atoms with Crippen molar-refractivity contribution in [3.05, 3.63) is 36.3 Å². The Morgan fingerprint density at radius 2 is 2.17 bits per heavy atom. The van der Waals surface area contributed by atoms with E-state index >= 15 is 0 Å². The van der Waals surface area contributed by atoms with Crippen molar-refractivity contribution in [2.45, 2.75) is 19.9 Å². The summed E-state index contributed by atoms with van der Waals surface area (Å²) in [6.07, 6.45) is 4.39. The monoisotopic (exact) mass is 244 g/mol. The van der Waals surface area contributed by atoms with E-state index in [2.05, 4.69) is 37.7 Å². The van der Waals surface area contributed by atoms with Gasteiger partial charge in [-0.2, -0.15) is 10.1 Å². The van der Waals surface area contributed by atoms with Crippen LogP contribution < -0.4 is 10.6 Å². The van der Waals surface area contributed by atoms with Crippen LogP contribution in [0.3, 0.4) is 0 Å². The van der Waals surface area contributed by atoms with Crippen molar-refractivity contribution in [3.8, 4) is 0 Å². The SMILES string of the molecule is CCCNc1nncc(NCc2ccccn2)n1. The number of pyridine rings is 1. The molecule has 6 heteroatoms. The summed E-state index contributed by atoms with van der Waals surface area (Å²) in [6, 6.07) is 5.80. The van der Waals surface area contributed by atoms with Gasteiger partial charge in [0, 0.05) is 12.7 Å². The Kier molecular flexibility index (Phi) is 4.40. The average Bonchev–Trinajstić information content (AvgIpc) is 2.44. The van der Waals surface area contributed by atoms with Crippen molar-refractivity contribution < 1.29 is 0 Å². The highest BCUT2D eigenvalue weighted by atomic mass is 15.3. The summed E-state index contributed by atoms with van der Waals surface area (Å²) in [7, 11) is 0. The van der Waals surface area contributed by atoms with Crippen molar-refractivity contribution in [3.63, 3.8) is 0 Å². The molecule has 0 atom stereocenters. The minimum Gasteiger partial charge on any atom is -0.363 e. The quantitative estimate of drug-likeness (QED) is 0.805. The van der Waals surface area contributed by atoms with Crippen LogP contribution in [0.25, 0.3) is 0 Å². The molecule has 0 saturated carbocycles. The minimum absolute atomic E-state index is 0.544. The second-order valence-corrected chi connectivity index (χ2v) is 3.77. The number of rotatable bonds is 6. The summed E-state index contributed by atoms with van der Waals surface area (Å²) >= 11 is 0. The lowest BCUT2D eigenvalue weighted by atomic mass is 10.3. The topological polar surface area (TPSA) is 75.6 Å². The highest BCUT2D eigenvalue weighted by molar-refractivity contribution is 5.37. The van der Waals surface area contributed by atoms with Crippen LogP contribution in [0.4, 0.5) is 11.8 Å². The zero-order chi connectivity index (χ0) is 12.6. The first kappa shape index (κ1) is 12.2. The molecular weight excluding hydrogens is 228 g/mol. The first-order valence-electron chi connectivity index (χ1n) is 5.96. The van der Waals surface area contributed by atoms with Gasteiger partial charge in [-0.1, -0.05) is 13.0 Å². The molecule has 6 nitrogen and oxygen atoms in total. The molecule has 0 aliphatic rings. The highest BCUT2D eigenvalue weighted by Gasteiger charge is 1.99. The Labute approximate surface area is 106 Å². The molecule has 2 N–H and O–H groups in total. The van der Waals surface area contributed by atoms with Gasteiger partial charge in [-0.05, 0) is 18.6 Å². The summed E-state index contributed by atoms with van der Waals surface area (Å²) in [4.78, 5) is 8.53. The number of anilines is 2. The van der Waals surface area contributed by atoms with E-state index in [1.165, 1.54) is 0 Å². The number of nitrogens with one attached hydrogen (secondary N) is 2. The zero-order valence-corrected chi connectivity index (χ0v) is 10.3. The molecule has 0 saturated heterocycles. The van der Waals surface area contributed by atoms with Crippen LogP contribution in [-0.2, 0) is 6.54 Å². The van der Waals surface area contributed by atoms with Crippen LogP contribution in [0.1, 0.15) is 19.0 Å². The number of nitrogens with zero attached hydrogens (tertiary/aromatic N) is 4. The second kappa shape index (κ2) is 6.48. The van der Waals surface area contributed by atoms with Crippen LogP contribution in [-0.4, -0.2) is 26.7 Å². The molecule has 0 unspecified atom stereocenters. The fourth-order valence-electron chi connectivity index (χ4n) is 1.38. The van der Waals surface area contributed by atoms with Crippen LogP contribution >= 0.6 is 0 Å². The first-order chi connectivity index (χ1) is 8.88. The minimum atomic E-state index is 0.544. The highest BCUT2D eigenvalue weighted by Crippen LogP contribution is 2.05. The van der Waals surface area contributed by atoms with Crippen molar-refractivity contribution in [2.75, 3.05) is 17.2 Å². The van der Waals surface area contributed by atoms with Crippen LogP contribution in [0.2, 0.25) is 0 Å². The van der Waals surface area contributed by atoms with Gasteiger partial charge in [0.2, 0.25) is 5.95 Å². The summed E-state index contributed by atoms with van der Waals surface area (Å²) in [6.45, 7) is 3.54. The summed E-state index contributed by atoms with van der Waals surface area (Å²) in [5, 5.41) is 14.1. The Bertz CT molecular complexity index is 473. The third-order valence-corrected chi connectivity index (χ3v) is 2.27. The molecule has 94 valence electrons. The predicted octanol–water partition coefficient (Wildman–Crippen LogP) is 1.70. The largest absolute Gasteiger partial charge is 0.363 e. The van der Waals surface area contributed by atoms with Crippen molar-refractivity contribution in [2.24, 2.45) is 0 Å². The molecule has 0 spiro atoms. The van der Waals surface area contributed by atoms with Gasteiger partial charge in [-0.3, -0.25) is 4.98 Å². The molecule has 2 heterocycles. The van der Waals surface area contributed by atoms with Gasteiger partial charge in [-0.25, -0.2) is 0 Å². The molecule has 0 radical (unpaired) electrons. The van der Waals surface area contributed by atoms with Gasteiger partial charge in [0.1, 0.15) is 0 Å². The summed E-state index contributed by atoms with van der Waals surface area (Å²) in [5.41, 5.74) is 0.958. The molecule has 0 fully saturated rings. The van der Waals surface area contributed by atoms with E-state index in [4.69, 9.17) is 0 Å². The second-order valence-electron chi connectivity index (χ2n) is 3.77. The Morgan fingerprint density at radius 3 is 2.94 bits per heavy atom. The average molecular weight is 244 g/mol. The molecule has 2 aromatic rings. The van der Waals surface area contributed by atoms with E-state index in [9.17, 15) is 0 Å². The van der Waals surface area contributed by atoms with Gasteiger partial charge >= 0.3 is 0 Å². The van der Waals surface area contributed by atoms with Crippen LogP contribution in [0, 0.1) is 0 Å². The van der Waals surface area contributed by atoms with Gasteiger partial charge in [-0.15, -0.1) is 5.10 Å². The van der Waals surface area contributed by atoms with E-state index in [-0.39, 0.29) is 0 Å². The Hall–Kier alpha value is -2.24. The molecule has 0 aliphatic heterocycles. The predicted molar refractivity (Wildman–Crippen MR) is 70.2 cm³/mol. The van der Waals surface area contributed by atoms with Gasteiger partial charge in [0.05, 0.1) is 18.4 Å². The maximum absolute atomic E-state index is 4.30. The van der Waals surface area contributed by atoms with Crippen molar-refractivity contribution in [1.82, 2.24) is 20.2 Å². The molecular formula is C12H16N6. The molecule has 0 amide bonds. The zero-order valence-electron chi connectivity index (χ0n) is 10.3. The van der Waals surface area contributed by atoms with Crippen LogP contribution in [0.15, 0.2) is 30.6 Å². The number of aromatic nitrogens is 4. The smallest absolute Gasteiger partial charge is 0.244 e. The molecule has 2 aromatic heterocycles. The van der Waals surface area contributed by atoms with E-state index in [0.29, 0.717) is 18.3 Å². The summed E-state index contributed by atoms with van der Waals surface area (Å²) < 4.78 is 0. The maximum Gasteiger partial charge on any atom is 0.244 e. The molecule has 2 rings (SSSR count). The molecule has 0 bridgehead atoms. The fraction of sp³-hybridized carbons (Fsp3) is 0.333. The van der Waals surface area contributed by atoms with E-state index in [0.717, 1.165) is 18.7 Å². The van der Waals surface area contributed by atoms with Crippen molar-refractivity contribution >= 4 is 11.8 Å². The third-order valence-electron chi connectivity index (χ3n) is 2.27. The lowest BCUT2D eigenvalue weighted by Gasteiger charge is -2.06. The maximum atomic E-state index is 4.30. The van der Waals surface area contributed by atoms with Crippen LogP contribution in [0.5, 0.6) is 0 Å². The van der Waals surface area contributed by atoms with Gasteiger partial charge < -0.3 is 10.6 Å². The van der Waals surface area contributed by atoms with Gasteiger partial charge in [0.15, 0.2) is 5.82 Å². The van der Waals surface area contributed by atoms with Crippen molar-refractivity contribution in [1.29, 1.82) is 0 Å². The summed E-state index contributed by atoms with van der Waals surface area (Å²) in [5.74, 6) is 1.23. The fourth-order valence-corrected chi connectivity index (χ4v) is 1.38. The lowest BCUT2D eigenvalue weighted by molar-refractivity contribution is 0.905. The molecule has 0 aliphatic carbocycles. The Balaban J connectivity index is 1.93. The van der Waals surface area contributed by atoms with E-state index < -0.39 is 0 Å². The standard InChI is InChI=1S/C12H16N6/c1-2-6-14-12-17-11(9-16-18-12)15-8-10-5-3-4-7-13-10/h3-5,7,9H,2,6,8H2,1H3,(H2,14,15,17,18). The third kappa shape index (κ3) is 3.65. The Morgan fingerprint density at radius 1 is 1.22 bits per heavy atom. The lowest BCUT2D eigenvalue weighted by Crippen LogP contribution is -2.09. The van der Waals surface area contributed by atoms with E-state index in [1.54, 1.807) is 12.4 Å².